The number of alkyl halides is 1. The number of ether oxygens (including phenoxy) is 1. The monoisotopic (exact) mass is 543 g/mol. The number of nitrogens with zero attached hydrogens (tertiary/aromatic N) is 5. The molecule has 8 nitrogen and oxygen atoms in total. The minimum Gasteiger partial charge on any atom is -0.494 e. The van der Waals surface area contributed by atoms with E-state index in [2.05, 4.69) is 15.1 Å². The van der Waals surface area contributed by atoms with Gasteiger partial charge < -0.3 is 14.2 Å². The lowest BCUT2D eigenvalue weighted by molar-refractivity contribution is -0.211. The van der Waals surface area contributed by atoms with Gasteiger partial charge in [0.15, 0.2) is 17.4 Å². The number of aromatic nitrogens is 4. The summed E-state index contributed by atoms with van der Waals surface area (Å²) in [5, 5.41) is 4.30. The number of carbonyl (C=O) groups is 1. The molecule has 0 unspecified atom stereocenters. The second-order valence-electron chi connectivity index (χ2n) is 13.4. The molecule has 7 saturated carbocycles. The molecule has 0 spiro atoms. The molecule has 2 heterocycles. The zero-order valence-electron chi connectivity index (χ0n) is 22.9. The van der Waals surface area contributed by atoms with Crippen molar-refractivity contribution in [1.29, 1.82) is 0 Å². The average Bonchev–Trinajstić information content (AvgIpc) is 3.70. The highest BCUT2D eigenvalue weighted by Gasteiger charge is 2.73. The quantitative estimate of drug-likeness (QED) is 0.348. The van der Waals surface area contributed by atoms with Gasteiger partial charge in [-0.15, -0.1) is 0 Å². The fraction of sp³-hybridized carbons (Fsp3) is 0.581. The smallest absolute Gasteiger partial charge is 0.233 e. The van der Waals surface area contributed by atoms with Gasteiger partial charge in [0, 0.05) is 29.1 Å². The first kappa shape index (κ1) is 24.4. The number of hydrogen-bond donors (Lipinski definition) is 0. The molecule has 0 aliphatic heterocycles. The van der Waals surface area contributed by atoms with Crippen LogP contribution in [0.1, 0.15) is 88.3 Å². The zero-order valence-corrected chi connectivity index (χ0v) is 22.9. The summed E-state index contributed by atoms with van der Waals surface area (Å²) in [5.41, 5.74) is -0.00563. The largest absolute Gasteiger partial charge is 0.494 e. The predicted molar refractivity (Wildman–Crippen MR) is 145 cm³/mol. The molecule has 2 aromatic heterocycles. The molecular weight excluding hydrogens is 509 g/mol. The van der Waals surface area contributed by atoms with Crippen LogP contribution in [0.15, 0.2) is 41.2 Å². The van der Waals surface area contributed by atoms with Gasteiger partial charge in [0.05, 0.1) is 24.9 Å². The Morgan fingerprint density at radius 3 is 2.40 bits per heavy atom. The number of fused-ring (bicyclic) bond motifs is 3. The van der Waals surface area contributed by atoms with E-state index in [1.165, 1.54) is 0 Å². The number of amides is 1. The Balaban J connectivity index is 1.07. The minimum atomic E-state index is -1.13. The van der Waals surface area contributed by atoms with Crippen LogP contribution in [0.3, 0.4) is 0 Å². The van der Waals surface area contributed by atoms with Crippen LogP contribution in [-0.4, -0.2) is 45.3 Å². The third-order valence-electron chi connectivity index (χ3n) is 10.7. The fourth-order valence-corrected chi connectivity index (χ4v) is 7.96. The van der Waals surface area contributed by atoms with E-state index in [-0.39, 0.29) is 16.7 Å². The van der Waals surface area contributed by atoms with Gasteiger partial charge in [-0.2, -0.15) is 4.98 Å². The highest BCUT2D eigenvalue weighted by Crippen LogP contribution is 2.70. The molecule has 7 fully saturated rings. The number of hydrogen-bond acceptors (Lipinski definition) is 7. The van der Waals surface area contributed by atoms with E-state index in [9.17, 15) is 9.18 Å². The Hall–Kier alpha value is -3.36. The summed E-state index contributed by atoms with van der Waals surface area (Å²) in [7, 11) is 1.59. The first-order chi connectivity index (χ1) is 19.3. The van der Waals surface area contributed by atoms with Crippen LogP contribution in [0, 0.1) is 10.8 Å². The van der Waals surface area contributed by atoms with Gasteiger partial charge in [0.25, 0.3) is 0 Å². The first-order valence-corrected chi connectivity index (χ1v) is 14.6. The second-order valence-corrected chi connectivity index (χ2v) is 13.4. The topological polar surface area (TPSA) is 94.2 Å². The summed E-state index contributed by atoms with van der Waals surface area (Å²) in [6.45, 7) is 0.646. The average molecular weight is 544 g/mol. The number of halogens is 1. The molecule has 0 radical (unpaired) electrons. The van der Waals surface area contributed by atoms with Crippen molar-refractivity contribution in [2.45, 2.75) is 87.6 Å². The van der Waals surface area contributed by atoms with Gasteiger partial charge >= 0.3 is 0 Å². The van der Waals surface area contributed by atoms with Crippen molar-refractivity contribution in [1.82, 2.24) is 20.1 Å². The molecule has 10 rings (SSSR count). The van der Waals surface area contributed by atoms with E-state index in [1.54, 1.807) is 19.5 Å². The molecule has 3 aromatic rings. The summed E-state index contributed by atoms with van der Waals surface area (Å²) in [5.74, 6) is 3.43. The SMILES string of the molecule is COc1cnc(-c2cccc(N(CC34CCC(c5nc(C6CC6)no5)(CC3)CC4)C(=O)C34CC(F)(C3)C4)c2)nc1. The molecule has 1 amide bonds. The molecular formula is C31H34FN5O3. The highest BCUT2D eigenvalue weighted by molar-refractivity contribution is 6.00. The van der Waals surface area contributed by atoms with Crippen LogP contribution in [-0.2, 0) is 10.2 Å². The maximum absolute atomic E-state index is 14.5. The number of methoxy groups -OCH3 is 1. The number of rotatable bonds is 8. The van der Waals surface area contributed by atoms with Crippen molar-refractivity contribution < 1.29 is 18.4 Å². The van der Waals surface area contributed by atoms with Crippen LogP contribution in [0.5, 0.6) is 5.75 Å². The normalized spacial score (nSPS) is 33.6. The van der Waals surface area contributed by atoms with Crippen LogP contribution in [0.2, 0.25) is 0 Å². The minimum absolute atomic E-state index is 0.0281. The van der Waals surface area contributed by atoms with Gasteiger partial charge in [0.1, 0.15) is 5.67 Å². The first-order valence-electron chi connectivity index (χ1n) is 14.6. The van der Waals surface area contributed by atoms with Gasteiger partial charge in [-0.25, -0.2) is 14.4 Å². The Morgan fingerprint density at radius 1 is 1.07 bits per heavy atom. The summed E-state index contributed by atoms with van der Waals surface area (Å²) >= 11 is 0. The lowest BCUT2D eigenvalue weighted by Gasteiger charge is -2.65. The summed E-state index contributed by atoms with van der Waals surface area (Å²) in [6, 6.07) is 7.90. The van der Waals surface area contributed by atoms with Crippen molar-refractivity contribution >= 4 is 11.6 Å². The highest BCUT2D eigenvalue weighted by atomic mass is 19.1. The van der Waals surface area contributed by atoms with Crippen molar-refractivity contribution in [2.75, 3.05) is 18.6 Å². The van der Waals surface area contributed by atoms with Crippen molar-refractivity contribution in [3.8, 4) is 17.1 Å². The molecule has 0 N–H and O–H groups in total. The predicted octanol–water partition coefficient (Wildman–Crippen LogP) is 5.93. The van der Waals surface area contributed by atoms with Crippen LogP contribution < -0.4 is 9.64 Å². The lowest BCUT2D eigenvalue weighted by atomic mass is 9.41. The van der Waals surface area contributed by atoms with Crippen molar-refractivity contribution in [3.63, 3.8) is 0 Å². The number of benzene rings is 1. The Morgan fingerprint density at radius 2 is 1.77 bits per heavy atom. The molecule has 208 valence electrons. The summed E-state index contributed by atoms with van der Waals surface area (Å²) < 4.78 is 25.6. The fourth-order valence-electron chi connectivity index (χ4n) is 7.96. The molecule has 0 atom stereocenters. The Kier molecular flexibility index (Phi) is 5.09. The Bertz CT molecular complexity index is 1440. The molecule has 40 heavy (non-hydrogen) atoms. The maximum atomic E-state index is 14.5. The summed E-state index contributed by atoms with van der Waals surface area (Å²) in [4.78, 5) is 29.9. The molecule has 4 bridgehead atoms. The van der Waals surface area contributed by atoms with E-state index < -0.39 is 11.1 Å². The standard InChI is InChI=1S/C31H34FN5O3/c1-39-23-14-33-24(34-15-23)21-3-2-4-22(13-21)37(27(38)30-16-31(32,17-30)18-30)19-28-7-10-29(11-8-28,12-9-28)26-35-25(36-40-26)20-5-6-20/h2-4,13-15,20H,5-12,16-19H2,1H3. The van der Waals surface area contributed by atoms with Crippen molar-refractivity contribution in [3.05, 3.63) is 48.4 Å². The van der Waals surface area contributed by atoms with Gasteiger partial charge in [-0.1, -0.05) is 17.3 Å². The molecule has 7 aliphatic carbocycles. The second kappa shape index (κ2) is 8.33. The van der Waals surface area contributed by atoms with E-state index in [0.717, 1.165) is 74.3 Å². The van der Waals surface area contributed by atoms with Gasteiger partial charge in [-0.3, -0.25) is 4.79 Å². The van der Waals surface area contributed by atoms with Crippen LogP contribution >= 0.6 is 0 Å². The third-order valence-corrected chi connectivity index (χ3v) is 10.7. The lowest BCUT2D eigenvalue weighted by Crippen LogP contribution is -2.71. The Labute approximate surface area is 232 Å². The third kappa shape index (κ3) is 3.72. The summed E-state index contributed by atoms with van der Waals surface area (Å²) in [6.07, 6.45) is 12.7. The molecule has 7 aliphatic rings. The van der Waals surface area contributed by atoms with E-state index in [4.69, 9.17) is 14.2 Å². The van der Waals surface area contributed by atoms with Gasteiger partial charge in [-0.05, 0) is 88.2 Å². The van der Waals surface area contributed by atoms with E-state index in [1.807, 2.05) is 29.2 Å². The molecule has 9 heteroatoms. The number of carbonyl (C=O) groups excluding carboxylic acids is 1. The zero-order chi connectivity index (χ0) is 27.2. The molecule has 0 saturated heterocycles. The maximum Gasteiger partial charge on any atom is 0.233 e. The van der Waals surface area contributed by atoms with Crippen LogP contribution in [0.4, 0.5) is 10.1 Å². The molecule has 1 aromatic carbocycles. The van der Waals surface area contributed by atoms with Gasteiger partial charge in [0.2, 0.25) is 11.8 Å². The number of anilines is 1. The van der Waals surface area contributed by atoms with E-state index >= 15 is 0 Å². The van der Waals surface area contributed by atoms with Crippen LogP contribution in [0.25, 0.3) is 11.4 Å². The van der Waals surface area contributed by atoms with E-state index in [0.29, 0.717) is 43.3 Å². The van der Waals surface area contributed by atoms with Crippen molar-refractivity contribution in [2.24, 2.45) is 10.8 Å².